The number of thiophene rings is 1. The molecule has 1 aromatic heterocycles. The zero-order chi connectivity index (χ0) is 12.7. The van der Waals surface area contributed by atoms with Crippen LogP contribution in [-0.2, 0) is 11.2 Å². The predicted octanol–water partition coefficient (Wildman–Crippen LogP) is 3.75. The monoisotopic (exact) mass is 317 g/mol. The Morgan fingerprint density at radius 1 is 1.53 bits per heavy atom. The number of nitrogens with one attached hydrogen (secondary N) is 1. The molecule has 0 unspecified atom stereocenters. The number of rotatable bonds is 7. The molecule has 0 saturated carbocycles. The third-order valence-corrected chi connectivity index (χ3v) is 3.94. The number of carbonyl (C=O) groups is 1. The molecule has 1 aromatic rings. The van der Waals surface area contributed by atoms with Gasteiger partial charge in [0.05, 0.1) is 0 Å². The Balaban J connectivity index is 2.21. The first kappa shape index (κ1) is 14.7. The second kappa shape index (κ2) is 7.17. The van der Waals surface area contributed by atoms with Crippen molar-refractivity contribution < 1.29 is 4.79 Å². The summed E-state index contributed by atoms with van der Waals surface area (Å²) < 4.78 is 0. The van der Waals surface area contributed by atoms with E-state index < -0.39 is 0 Å². The number of aryl methyl sites for hydroxylation is 1. The normalized spacial score (nSPS) is 11.5. The van der Waals surface area contributed by atoms with E-state index in [-0.39, 0.29) is 11.4 Å². The molecule has 2 nitrogen and oxygen atoms in total. The van der Waals surface area contributed by atoms with Gasteiger partial charge in [0.15, 0.2) is 0 Å². The summed E-state index contributed by atoms with van der Waals surface area (Å²) in [4.78, 5) is 13.1. The van der Waals surface area contributed by atoms with Gasteiger partial charge in [-0.3, -0.25) is 4.79 Å². The minimum Gasteiger partial charge on any atom is -0.351 e. The molecule has 0 bridgehead atoms. The highest BCUT2D eigenvalue weighted by Gasteiger charge is 2.18. The molecule has 0 aliphatic rings. The fraction of sp³-hybridized carbons (Fsp3) is 0.615. The summed E-state index contributed by atoms with van der Waals surface area (Å²) in [6.07, 6.45) is 3.49. The van der Waals surface area contributed by atoms with Crippen LogP contribution in [0.2, 0.25) is 0 Å². The summed E-state index contributed by atoms with van der Waals surface area (Å²) in [6.45, 7) is 4.12. The van der Waals surface area contributed by atoms with Crippen LogP contribution in [0, 0.1) is 0 Å². The number of hydrogen-bond acceptors (Lipinski definition) is 2. The van der Waals surface area contributed by atoms with E-state index in [1.165, 1.54) is 4.88 Å². The average molecular weight is 318 g/mol. The van der Waals surface area contributed by atoms with Gasteiger partial charge in [0.25, 0.3) is 0 Å². The van der Waals surface area contributed by atoms with E-state index in [2.05, 4.69) is 52.6 Å². The lowest BCUT2D eigenvalue weighted by Gasteiger charge is -2.25. The van der Waals surface area contributed by atoms with E-state index >= 15 is 0 Å². The van der Waals surface area contributed by atoms with Crippen molar-refractivity contribution in [3.05, 3.63) is 22.4 Å². The summed E-state index contributed by atoms with van der Waals surface area (Å²) in [5.41, 5.74) is -0.108. The Morgan fingerprint density at radius 2 is 2.29 bits per heavy atom. The van der Waals surface area contributed by atoms with E-state index in [9.17, 15) is 4.79 Å². The van der Waals surface area contributed by atoms with Crippen molar-refractivity contribution >= 4 is 33.2 Å². The van der Waals surface area contributed by atoms with Crippen LogP contribution in [-0.4, -0.2) is 16.8 Å². The largest absolute Gasteiger partial charge is 0.351 e. The van der Waals surface area contributed by atoms with Gasteiger partial charge in [0.2, 0.25) is 5.91 Å². The van der Waals surface area contributed by atoms with E-state index in [0.717, 1.165) is 24.6 Å². The molecule has 0 saturated heterocycles. The molecule has 1 N–H and O–H groups in total. The van der Waals surface area contributed by atoms with Crippen LogP contribution in [0.1, 0.15) is 38.0 Å². The van der Waals surface area contributed by atoms with Gasteiger partial charge in [-0.2, -0.15) is 0 Å². The average Bonchev–Trinajstić information content (AvgIpc) is 2.69. The molecule has 0 atom stereocenters. The SMILES string of the molecule is CC(C)(CCBr)NC(=O)CCCc1cccs1. The van der Waals surface area contributed by atoms with Crippen molar-refractivity contribution in [2.24, 2.45) is 0 Å². The minimum atomic E-state index is -0.108. The van der Waals surface area contributed by atoms with Gasteiger partial charge in [-0.25, -0.2) is 0 Å². The third kappa shape index (κ3) is 6.22. The first-order valence-corrected chi connectivity index (χ1v) is 7.93. The summed E-state index contributed by atoms with van der Waals surface area (Å²) in [5.74, 6) is 0.160. The number of carbonyl (C=O) groups excluding carboxylic acids is 1. The second-order valence-corrected chi connectivity index (χ2v) is 6.63. The van der Waals surface area contributed by atoms with Crippen molar-refractivity contribution in [1.29, 1.82) is 0 Å². The number of amides is 1. The zero-order valence-electron chi connectivity index (χ0n) is 10.5. The molecule has 0 aliphatic carbocycles. The van der Waals surface area contributed by atoms with Crippen LogP contribution in [0.15, 0.2) is 17.5 Å². The van der Waals surface area contributed by atoms with Crippen molar-refractivity contribution in [2.45, 2.75) is 45.1 Å². The highest BCUT2D eigenvalue weighted by molar-refractivity contribution is 9.09. The molecular weight excluding hydrogens is 298 g/mol. The highest BCUT2D eigenvalue weighted by atomic mass is 79.9. The van der Waals surface area contributed by atoms with Gasteiger partial charge >= 0.3 is 0 Å². The quantitative estimate of drug-likeness (QED) is 0.762. The lowest BCUT2D eigenvalue weighted by molar-refractivity contribution is -0.122. The topological polar surface area (TPSA) is 29.1 Å². The van der Waals surface area contributed by atoms with E-state index in [0.29, 0.717) is 6.42 Å². The zero-order valence-corrected chi connectivity index (χ0v) is 12.9. The Kier molecular flexibility index (Phi) is 6.20. The Hall–Kier alpha value is -0.350. The van der Waals surface area contributed by atoms with Gasteiger partial charge in [-0.15, -0.1) is 11.3 Å². The van der Waals surface area contributed by atoms with Gasteiger partial charge in [-0.1, -0.05) is 22.0 Å². The maximum atomic E-state index is 11.7. The van der Waals surface area contributed by atoms with Crippen molar-refractivity contribution in [3.63, 3.8) is 0 Å². The summed E-state index contributed by atoms with van der Waals surface area (Å²) in [6, 6.07) is 4.18. The summed E-state index contributed by atoms with van der Waals surface area (Å²) in [7, 11) is 0. The van der Waals surface area contributed by atoms with Crippen molar-refractivity contribution in [2.75, 3.05) is 5.33 Å². The standard InChI is InChI=1S/C13H20BrNOS/c1-13(2,8-9-14)15-12(16)7-3-5-11-6-4-10-17-11/h4,6,10H,3,5,7-9H2,1-2H3,(H,15,16). The van der Waals surface area contributed by atoms with E-state index in [4.69, 9.17) is 0 Å². The molecule has 1 rings (SSSR count). The first-order valence-electron chi connectivity index (χ1n) is 5.93. The fourth-order valence-electron chi connectivity index (χ4n) is 1.62. The van der Waals surface area contributed by atoms with Crippen LogP contribution in [0.4, 0.5) is 0 Å². The first-order chi connectivity index (χ1) is 8.03. The molecule has 0 radical (unpaired) electrons. The molecule has 0 aliphatic heterocycles. The molecule has 0 aromatic carbocycles. The Labute approximate surface area is 116 Å². The highest BCUT2D eigenvalue weighted by Crippen LogP contribution is 2.13. The van der Waals surface area contributed by atoms with Gasteiger partial charge < -0.3 is 5.32 Å². The maximum Gasteiger partial charge on any atom is 0.220 e. The predicted molar refractivity (Wildman–Crippen MR) is 77.9 cm³/mol. The molecule has 1 amide bonds. The third-order valence-electron chi connectivity index (χ3n) is 2.60. The smallest absolute Gasteiger partial charge is 0.220 e. The number of hydrogen-bond donors (Lipinski definition) is 1. The number of halogens is 1. The van der Waals surface area contributed by atoms with E-state index in [1.54, 1.807) is 11.3 Å². The van der Waals surface area contributed by atoms with Gasteiger partial charge in [0, 0.05) is 22.2 Å². The molecule has 4 heteroatoms. The molecule has 0 fully saturated rings. The van der Waals surface area contributed by atoms with Crippen molar-refractivity contribution in [1.82, 2.24) is 5.32 Å². The lowest BCUT2D eigenvalue weighted by Crippen LogP contribution is -2.43. The Bertz CT molecular complexity index is 335. The van der Waals surface area contributed by atoms with Crippen LogP contribution in [0.3, 0.4) is 0 Å². The van der Waals surface area contributed by atoms with Gasteiger partial charge in [-0.05, 0) is 44.6 Å². The number of alkyl halides is 1. The maximum absolute atomic E-state index is 11.7. The van der Waals surface area contributed by atoms with Crippen LogP contribution >= 0.6 is 27.3 Å². The molecule has 0 spiro atoms. The fourth-order valence-corrected chi connectivity index (χ4v) is 3.36. The summed E-state index contributed by atoms with van der Waals surface area (Å²) in [5, 5.41) is 6.06. The minimum absolute atomic E-state index is 0.108. The van der Waals surface area contributed by atoms with E-state index in [1.807, 2.05) is 0 Å². The molecule has 1 heterocycles. The molecular formula is C13H20BrNOS. The van der Waals surface area contributed by atoms with Crippen LogP contribution in [0.5, 0.6) is 0 Å². The molecule has 96 valence electrons. The van der Waals surface area contributed by atoms with Crippen molar-refractivity contribution in [3.8, 4) is 0 Å². The second-order valence-electron chi connectivity index (χ2n) is 4.80. The van der Waals surface area contributed by atoms with Crippen LogP contribution in [0.25, 0.3) is 0 Å². The van der Waals surface area contributed by atoms with Gasteiger partial charge in [0.1, 0.15) is 0 Å². The summed E-state index contributed by atoms with van der Waals surface area (Å²) >= 11 is 5.16. The Morgan fingerprint density at radius 3 is 2.88 bits per heavy atom. The van der Waals surface area contributed by atoms with Crippen LogP contribution < -0.4 is 5.32 Å². The molecule has 17 heavy (non-hydrogen) atoms. The lowest BCUT2D eigenvalue weighted by atomic mass is 10.0.